The van der Waals surface area contributed by atoms with Gasteiger partial charge in [0, 0.05) is 26.1 Å². The van der Waals surface area contributed by atoms with Gasteiger partial charge in [0.2, 0.25) is 0 Å². The second-order valence-corrected chi connectivity index (χ2v) is 5.17. The fourth-order valence-corrected chi connectivity index (χ4v) is 2.30. The molecule has 6 heteroatoms. The first-order chi connectivity index (χ1) is 11.8. The standard InChI is InChI=1S/C18H18N4O2/c1-14-21-16-17(19-13-20-18(16)24-14)22(11-12-23-2)10-6-9-15-7-4-3-5-8-15/h3-5,7-8,13H,10-12H2,1-2H3. The highest BCUT2D eigenvalue weighted by Gasteiger charge is 2.15. The van der Waals surface area contributed by atoms with Crippen molar-refractivity contribution in [2.45, 2.75) is 6.92 Å². The molecule has 0 amide bonds. The highest BCUT2D eigenvalue weighted by Crippen LogP contribution is 2.22. The number of hydrogen-bond donors (Lipinski definition) is 0. The Morgan fingerprint density at radius 1 is 1.21 bits per heavy atom. The Hall–Kier alpha value is -2.91. The fourth-order valence-electron chi connectivity index (χ4n) is 2.30. The second-order valence-electron chi connectivity index (χ2n) is 5.17. The van der Waals surface area contributed by atoms with Crippen LogP contribution in [-0.4, -0.2) is 41.8 Å². The Balaban J connectivity index is 1.87. The van der Waals surface area contributed by atoms with E-state index in [0.29, 0.717) is 42.6 Å². The van der Waals surface area contributed by atoms with Crippen molar-refractivity contribution in [3.8, 4) is 11.8 Å². The molecule has 2 heterocycles. The molecule has 1 aromatic carbocycles. The summed E-state index contributed by atoms with van der Waals surface area (Å²) in [4.78, 5) is 14.9. The van der Waals surface area contributed by atoms with E-state index in [-0.39, 0.29) is 0 Å². The minimum Gasteiger partial charge on any atom is -0.422 e. The number of fused-ring (bicyclic) bond motifs is 1. The molecule has 0 aliphatic carbocycles. The Kier molecular flexibility index (Phi) is 5.04. The van der Waals surface area contributed by atoms with E-state index in [1.165, 1.54) is 6.33 Å². The van der Waals surface area contributed by atoms with Gasteiger partial charge in [-0.25, -0.2) is 9.97 Å². The van der Waals surface area contributed by atoms with Crippen molar-refractivity contribution in [3.05, 3.63) is 48.1 Å². The number of nitrogens with zero attached hydrogens (tertiary/aromatic N) is 4. The van der Waals surface area contributed by atoms with Crippen LogP contribution in [-0.2, 0) is 4.74 Å². The second kappa shape index (κ2) is 7.57. The number of ether oxygens (including phenoxy) is 1. The van der Waals surface area contributed by atoms with Gasteiger partial charge in [0.25, 0.3) is 5.71 Å². The van der Waals surface area contributed by atoms with Crippen LogP contribution in [0.4, 0.5) is 5.82 Å². The molecule has 0 radical (unpaired) electrons. The first-order valence-corrected chi connectivity index (χ1v) is 7.64. The van der Waals surface area contributed by atoms with E-state index in [1.54, 1.807) is 14.0 Å². The van der Waals surface area contributed by atoms with Crippen LogP contribution in [0.3, 0.4) is 0 Å². The lowest BCUT2D eigenvalue weighted by atomic mass is 10.2. The number of aromatic nitrogens is 3. The van der Waals surface area contributed by atoms with Crippen molar-refractivity contribution in [3.63, 3.8) is 0 Å². The van der Waals surface area contributed by atoms with E-state index in [9.17, 15) is 0 Å². The number of oxazole rings is 1. The third-order valence-corrected chi connectivity index (χ3v) is 3.42. The van der Waals surface area contributed by atoms with Gasteiger partial charge in [-0.2, -0.15) is 4.98 Å². The monoisotopic (exact) mass is 322 g/mol. The molecule has 0 aliphatic rings. The predicted molar refractivity (Wildman–Crippen MR) is 91.7 cm³/mol. The van der Waals surface area contributed by atoms with Gasteiger partial charge in [0.1, 0.15) is 6.33 Å². The highest BCUT2D eigenvalue weighted by atomic mass is 16.5. The van der Waals surface area contributed by atoms with Crippen LogP contribution in [0.5, 0.6) is 0 Å². The maximum absolute atomic E-state index is 5.48. The Morgan fingerprint density at radius 3 is 2.83 bits per heavy atom. The Morgan fingerprint density at radius 2 is 2.04 bits per heavy atom. The number of hydrogen-bond acceptors (Lipinski definition) is 6. The maximum Gasteiger partial charge on any atom is 0.252 e. The Bertz CT molecular complexity index is 865. The summed E-state index contributed by atoms with van der Waals surface area (Å²) in [7, 11) is 1.67. The Labute approximate surface area is 140 Å². The molecular formula is C18H18N4O2. The van der Waals surface area contributed by atoms with Gasteiger partial charge >= 0.3 is 0 Å². The number of aryl methyl sites for hydroxylation is 1. The third-order valence-electron chi connectivity index (χ3n) is 3.42. The van der Waals surface area contributed by atoms with Crippen molar-refractivity contribution < 1.29 is 9.15 Å². The topological polar surface area (TPSA) is 64.3 Å². The van der Waals surface area contributed by atoms with Gasteiger partial charge in [-0.15, -0.1) is 0 Å². The number of methoxy groups -OCH3 is 1. The molecule has 0 atom stereocenters. The molecule has 3 aromatic rings. The van der Waals surface area contributed by atoms with Crippen LogP contribution in [0.1, 0.15) is 11.5 Å². The van der Waals surface area contributed by atoms with Gasteiger partial charge in [-0.1, -0.05) is 30.0 Å². The molecule has 0 fully saturated rings. The zero-order chi connectivity index (χ0) is 16.8. The van der Waals surface area contributed by atoms with E-state index < -0.39 is 0 Å². The van der Waals surface area contributed by atoms with Crippen LogP contribution in [0, 0.1) is 18.8 Å². The van der Waals surface area contributed by atoms with Gasteiger partial charge in [0.05, 0.1) is 13.2 Å². The van der Waals surface area contributed by atoms with Crippen molar-refractivity contribution in [1.29, 1.82) is 0 Å². The van der Waals surface area contributed by atoms with Crippen LogP contribution >= 0.6 is 0 Å². The molecule has 0 saturated carbocycles. The first-order valence-electron chi connectivity index (χ1n) is 7.64. The fraction of sp³-hybridized carbons (Fsp3) is 0.278. The normalized spacial score (nSPS) is 10.4. The molecular weight excluding hydrogens is 304 g/mol. The molecule has 0 aliphatic heterocycles. The van der Waals surface area contributed by atoms with Crippen LogP contribution < -0.4 is 4.90 Å². The van der Waals surface area contributed by atoms with Crippen LogP contribution in [0.2, 0.25) is 0 Å². The smallest absolute Gasteiger partial charge is 0.252 e. The number of anilines is 1. The molecule has 0 saturated heterocycles. The quantitative estimate of drug-likeness (QED) is 0.672. The zero-order valence-corrected chi connectivity index (χ0v) is 13.7. The lowest BCUT2D eigenvalue weighted by Crippen LogP contribution is -2.28. The molecule has 24 heavy (non-hydrogen) atoms. The summed E-state index contributed by atoms with van der Waals surface area (Å²) in [6, 6.07) is 9.88. The van der Waals surface area contributed by atoms with Crippen molar-refractivity contribution in [2.24, 2.45) is 0 Å². The van der Waals surface area contributed by atoms with Crippen molar-refractivity contribution in [2.75, 3.05) is 31.7 Å². The SMILES string of the molecule is COCCN(CC#Cc1ccccc1)c1ncnc2oc(C)nc12. The summed E-state index contributed by atoms with van der Waals surface area (Å²) in [6.45, 7) is 3.52. The van der Waals surface area contributed by atoms with E-state index in [4.69, 9.17) is 9.15 Å². The van der Waals surface area contributed by atoms with Gasteiger partial charge in [-0.3, -0.25) is 0 Å². The predicted octanol–water partition coefficient (Wildman–Crippen LogP) is 2.43. The van der Waals surface area contributed by atoms with E-state index >= 15 is 0 Å². The van der Waals surface area contributed by atoms with Gasteiger partial charge in [0.15, 0.2) is 17.2 Å². The summed E-state index contributed by atoms with van der Waals surface area (Å²) < 4.78 is 10.7. The van der Waals surface area contributed by atoms with E-state index in [2.05, 4.69) is 26.8 Å². The molecule has 0 unspecified atom stereocenters. The van der Waals surface area contributed by atoms with Crippen LogP contribution in [0.15, 0.2) is 41.1 Å². The van der Waals surface area contributed by atoms with Crippen LogP contribution in [0.25, 0.3) is 11.2 Å². The first kappa shape index (κ1) is 16.0. The summed E-state index contributed by atoms with van der Waals surface area (Å²) >= 11 is 0. The highest BCUT2D eigenvalue weighted by molar-refractivity contribution is 5.81. The van der Waals surface area contributed by atoms with Crippen molar-refractivity contribution in [1.82, 2.24) is 15.0 Å². The summed E-state index contributed by atoms with van der Waals surface area (Å²) in [5.41, 5.74) is 2.11. The summed E-state index contributed by atoms with van der Waals surface area (Å²) in [5, 5.41) is 0. The summed E-state index contributed by atoms with van der Waals surface area (Å²) in [6.07, 6.45) is 1.48. The molecule has 122 valence electrons. The van der Waals surface area contributed by atoms with Gasteiger partial charge in [-0.05, 0) is 12.1 Å². The molecule has 6 nitrogen and oxygen atoms in total. The average Bonchev–Trinajstić information content (AvgIpc) is 2.99. The summed E-state index contributed by atoms with van der Waals surface area (Å²) in [5.74, 6) is 7.61. The molecule has 2 aromatic heterocycles. The largest absolute Gasteiger partial charge is 0.422 e. The number of benzene rings is 1. The molecule has 0 N–H and O–H groups in total. The maximum atomic E-state index is 5.48. The zero-order valence-electron chi connectivity index (χ0n) is 13.7. The molecule has 3 rings (SSSR count). The lowest BCUT2D eigenvalue weighted by molar-refractivity contribution is 0.205. The third kappa shape index (κ3) is 3.70. The number of rotatable bonds is 5. The van der Waals surface area contributed by atoms with E-state index in [0.717, 1.165) is 5.56 Å². The van der Waals surface area contributed by atoms with Gasteiger partial charge < -0.3 is 14.1 Å². The lowest BCUT2D eigenvalue weighted by Gasteiger charge is -2.20. The van der Waals surface area contributed by atoms with E-state index in [1.807, 2.05) is 35.2 Å². The molecule has 0 spiro atoms. The van der Waals surface area contributed by atoms with Crippen molar-refractivity contribution >= 4 is 17.0 Å². The minimum atomic E-state index is 0.482. The average molecular weight is 322 g/mol. The molecule has 0 bridgehead atoms. The minimum absolute atomic E-state index is 0.482.